The maximum absolute atomic E-state index is 6.57. The number of nitrogens with zero attached hydrogens (tertiary/aromatic N) is 1. The van der Waals surface area contributed by atoms with Gasteiger partial charge in [-0.15, -0.1) is 0 Å². The number of furan rings is 1. The smallest absolute Gasteiger partial charge is 0.160 e. The second-order valence-corrected chi connectivity index (χ2v) is 12.5. The summed E-state index contributed by atoms with van der Waals surface area (Å²) in [4.78, 5) is 0. The average Bonchev–Trinajstić information content (AvgIpc) is 3.77. The van der Waals surface area contributed by atoms with Crippen molar-refractivity contribution < 1.29 is 4.42 Å². The third-order valence-electron chi connectivity index (χ3n) is 10.1. The maximum atomic E-state index is 6.57. The van der Waals surface area contributed by atoms with E-state index in [0.717, 1.165) is 33.1 Å². The minimum Gasteiger partial charge on any atom is -0.454 e. The molecule has 0 fully saturated rings. The summed E-state index contributed by atoms with van der Waals surface area (Å²) < 4.78 is 8.94. The lowest BCUT2D eigenvalue weighted by Crippen LogP contribution is -1.94. The maximum Gasteiger partial charge on any atom is 0.160 e. The largest absolute Gasteiger partial charge is 0.454 e. The first-order valence-electron chi connectivity index (χ1n) is 15.9. The van der Waals surface area contributed by atoms with Gasteiger partial charge in [-0.05, 0) is 91.3 Å². The molecule has 1 aliphatic carbocycles. The number of benzene rings is 8. The van der Waals surface area contributed by atoms with Crippen molar-refractivity contribution in [1.82, 2.24) is 4.57 Å². The fourth-order valence-electron chi connectivity index (χ4n) is 8.10. The van der Waals surface area contributed by atoms with E-state index < -0.39 is 0 Å². The summed E-state index contributed by atoms with van der Waals surface area (Å²) in [5.74, 6) is 0. The lowest BCUT2D eigenvalue weighted by Gasteiger charge is -2.12. The van der Waals surface area contributed by atoms with Crippen LogP contribution in [0.1, 0.15) is 0 Å². The molecule has 10 aromatic rings. The third kappa shape index (κ3) is 3.10. The zero-order valence-electron chi connectivity index (χ0n) is 24.8. The van der Waals surface area contributed by atoms with Crippen LogP contribution in [0.5, 0.6) is 0 Å². The minimum atomic E-state index is 0.916. The van der Waals surface area contributed by atoms with E-state index in [0.29, 0.717) is 0 Å². The van der Waals surface area contributed by atoms with Gasteiger partial charge in [0.2, 0.25) is 0 Å². The average molecular weight is 584 g/mol. The van der Waals surface area contributed by atoms with Crippen LogP contribution >= 0.6 is 0 Å². The van der Waals surface area contributed by atoms with Crippen LogP contribution in [-0.2, 0) is 0 Å². The standard InChI is InChI=1S/C44H25NO/c1-2-9-32-31(8-1)36-13-7-12-35-30(20-21-37(32)42(35)36)28-17-16-27-25-29(19-18-26(27)24-28)45-40-14-5-3-10-33(40)38-22-23-39-34-11-4-6-15-41(34)46-44(39)43(38)45/h1-25H. The summed E-state index contributed by atoms with van der Waals surface area (Å²) in [5, 5.41) is 9.82. The molecular weight excluding hydrogens is 558 g/mol. The van der Waals surface area contributed by atoms with Crippen LogP contribution in [0, 0.1) is 0 Å². The van der Waals surface area contributed by atoms with Gasteiger partial charge in [0.1, 0.15) is 5.58 Å². The molecule has 0 unspecified atom stereocenters. The Bertz CT molecular complexity index is 2890. The summed E-state index contributed by atoms with van der Waals surface area (Å²) in [6.45, 7) is 0. The van der Waals surface area contributed by atoms with Crippen molar-refractivity contribution in [3.05, 3.63) is 152 Å². The predicted molar refractivity (Wildman–Crippen MR) is 193 cm³/mol. The highest BCUT2D eigenvalue weighted by molar-refractivity contribution is 6.22. The van der Waals surface area contributed by atoms with Crippen molar-refractivity contribution in [1.29, 1.82) is 0 Å². The van der Waals surface area contributed by atoms with Gasteiger partial charge in [-0.3, -0.25) is 0 Å². The molecule has 0 saturated heterocycles. The van der Waals surface area contributed by atoms with Gasteiger partial charge in [0.25, 0.3) is 0 Å². The Hall–Kier alpha value is -6.12. The van der Waals surface area contributed by atoms with E-state index in [1.54, 1.807) is 0 Å². The molecule has 2 aromatic heterocycles. The van der Waals surface area contributed by atoms with Crippen LogP contribution in [0.25, 0.3) is 104 Å². The van der Waals surface area contributed by atoms with E-state index >= 15 is 0 Å². The van der Waals surface area contributed by atoms with Crippen molar-refractivity contribution >= 4 is 65.3 Å². The zero-order valence-corrected chi connectivity index (χ0v) is 24.8. The topological polar surface area (TPSA) is 18.1 Å². The predicted octanol–water partition coefficient (Wildman–Crippen LogP) is 12.3. The summed E-state index contributed by atoms with van der Waals surface area (Å²) in [6, 6.07) is 55.3. The monoisotopic (exact) mass is 583 g/mol. The van der Waals surface area contributed by atoms with E-state index in [-0.39, 0.29) is 0 Å². The molecule has 0 amide bonds. The molecule has 0 saturated carbocycles. The first-order chi connectivity index (χ1) is 22.8. The molecule has 0 atom stereocenters. The Morgan fingerprint density at radius 2 is 1.09 bits per heavy atom. The van der Waals surface area contributed by atoms with E-state index in [9.17, 15) is 0 Å². The number of para-hydroxylation sites is 2. The van der Waals surface area contributed by atoms with E-state index in [2.05, 4.69) is 150 Å². The van der Waals surface area contributed by atoms with Crippen molar-refractivity contribution in [2.45, 2.75) is 0 Å². The highest BCUT2D eigenvalue weighted by Gasteiger charge is 2.23. The molecule has 212 valence electrons. The molecule has 2 nitrogen and oxygen atoms in total. The Balaban J connectivity index is 1.11. The normalized spacial score (nSPS) is 12.3. The van der Waals surface area contributed by atoms with Crippen LogP contribution < -0.4 is 0 Å². The molecule has 2 heteroatoms. The summed E-state index contributed by atoms with van der Waals surface area (Å²) >= 11 is 0. The van der Waals surface area contributed by atoms with Crippen molar-refractivity contribution in [2.75, 3.05) is 0 Å². The number of aromatic nitrogens is 1. The highest BCUT2D eigenvalue weighted by Crippen LogP contribution is 2.49. The van der Waals surface area contributed by atoms with Gasteiger partial charge >= 0.3 is 0 Å². The van der Waals surface area contributed by atoms with E-state index in [1.165, 1.54) is 71.2 Å². The number of fused-ring (bicyclic) bond motifs is 11. The number of hydrogen-bond acceptors (Lipinski definition) is 1. The lowest BCUT2D eigenvalue weighted by molar-refractivity contribution is 0.671. The zero-order chi connectivity index (χ0) is 29.9. The number of rotatable bonds is 2. The molecule has 1 aliphatic rings. The molecule has 0 N–H and O–H groups in total. The molecule has 0 bridgehead atoms. The Kier molecular flexibility index (Phi) is 4.61. The second kappa shape index (κ2) is 8.74. The summed E-state index contributed by atoms with van der Waals surface area (Å²) in [7, 11) is 0. The highest BCUT2D eigenvalue weighted by atomic mass is 16.3. The van der Waals surface area contributed by atoms with Crippen LogP contribution in [0.3, 0.4) is 0 Å². The molecular formula is C44H25NO. The first-order valence-corrected chi connectivity index (χ1v) is 15.9. The SMILES string of the molecule is c1ccc2c(c1)-c1cccc3c(-c4ccc5cc(-n6c7ccccc7c7ccc8c9ccccc9oc8c76)ccc5c4)ccc-2c13. The fraction of sp³-hybridized carbons (Fsp3) is 0. The van der Waals surface area contributed by atoms with Gasteiger partial charge in [0.05, 0.1) is 11.0 Å². The van der Waals surface area contributed by atoms with Crippen molar-refractivity contribution in [3.8, 4) is 39.1 Å². The summed E-state index contributed by atoms with van der Waals surface area (Å²) in [5.41, 5.74) is 13.1. The fourth-order valence-corrected chi connectivity index (χ4v) is 8.10. The molecule has 2 heterocycles. The molecule has 46 heavy (non-hydrogen) atoms. The summed E-state index contributed by atoms with van der Waals surface area (Å²) in [6.07, 6.45) is 0. The Morgan fingerprint density at radius 3 is 2.00 bits per heavy atom. The van der Waals surface area contributed by atoms with E-state index in [4.69, 9.17) is 4.42 Å². The van der Waals surface area contributed by atoms with Crippen molar-refractivity contribution in [2.24, 2.45) is 0 Å². The minimum absolute atomic E-state index is 0.916. The van der Waals surface area contributed by atoms with Crippen LogP contribution in [-0.4, -0.2) is 4.57 Å². The van der Waals surface area contributed by atoms with Gasteiger partial charge in [-0.2, -0.15) is 0 Å². The van der Waals surface area contributed by atoms with Crippen LogP contribution in [0.15, 0.2) is 156 Å². The van der Waals surface area contributed by atoms with Crippen molar-refractivity contribution in [3.63, 3.8) is 0 Å². The molecule has 0 radical (unpaired) electrons. The molecule has 0 spiro atoms. The van der Waals surface area contributed by atoms with Gasteiger partial charge in [-0.1, -0.05) is 115 Å². The number of hydrogen-bond donors (Lipinski definition) is 0. The van der Waals surface area contributed by atoms with Gasteiger partial charge in [0.15, 0.2) is 5.58 Å². The van der Waals surface area contributed by atoms with E-state index in [1.807, 2.05) is 6.07 Å². The second-order valence-electron chi connectivity index (χ2n) is 12.5. The van der Waals surface area contributed by atoms with Gasteiger partial charge in [0, 0.05) is 27.2 Å². The molecule has 0 aliphatic heterocycles. The Labute approximate surface area is 264 Å². The first kappa shape index (κ1) is 24.2. The van der Waals surface area contributed by atoms with Crippen LogP contribution in [0.2, 0.25) is 0 Å². The van der Waals surface area contributed by atoms with Gasteiger partial charge < -0.3 is 8.98 Å². The Morgan fingerprint density at radius 1 is 0.413 bits per heavy atom. The molecule has 11 rings (SSSR count). The quantitative estimate of drug-likeness (QED) is 0.198. The third-order valence-corrected chi connectivity index (χ3v) is 10.1. The molecule has 8 aromatic carbocycles. The van der Waals surface area contributed by atoms with Crippen LogP contribution in [0.4, 0.5) is 0 Å². The lowest BCUT2D eigenvalue weighted by atomic mass is 9.93. The van der Waals surface area contributed by atoms with Gasteiger partial charge in [-0.25, -0.2) is 0 Å².